The summed E-state index contributed by atoms with van der Waals surface area (Å²) in [6, 6.07) is 11.5. The third kappa shape index (κ3) is 4.70. The molecule has 6 nitrogen and oxygen atoms in total. The van der Waals surface area contributed by atoms with E-state index in [-0.39, 0.29) is 11.7 Å². The van der Waals surface area contributed by atoms with Crippen molar-refractivity contribution in [1.29, 1.82) is 0 Å². The van der Waals surface area contributed by atoms with Gasteiger partial charge in [0, 0.05) is 38.9 Å². The number of hydrogen-bond donors (Lipinski definition) is 0. The lowest BCUT2D eigenvalue weighted by molar-refractivity contribution is -0.121. The highest BCUT2D eigenvalue weighted by Gasteiger charge is 2.30. The fraction of sp³-hybridized carbons (Fsp3) is 0.385. The molecule has 0 bridgehead atoms. The smallest absolute Gasteiger partial charge is 0.266 e. The number of thioether (sulfide) groups is 1. The van der Waals surface area contributed by atoms with E-state index in [0.29, 0.717) is 15.8 Å². The summed E-state index contributed by atoms with van der Waals surface area (Å²) in [7, 11) is 1.72. The van der Waals surface area contributed by atoms with Crippen LogP contribution in [0.2, 0.25) is 0 Å². The molecule has 1 amide bonds. The van der Waals surface area contributed by atoms with Crippen molar-refractivity contribution in [1.82, 2.24) is 4.90 Å². The van der Waals surface area contributed by atoms with Crippen LogP contribution in [0.3, 0.4) is 0 Å². The number of amides is 1. The minimum absolute atomic E-state index is 0.128. The highest BCUT2D eigenvalue weighted by atomic mass is 32.2. The molecule has 0 aromatic heterocycles. The van der Waals surface area contributed by atoms with Crippen LogP contribution < -0.4 is 9.80 Å². The Balaban J connectivity index is 1.34. The van der Waals surface area contributed by atoms with Crippen molar-refractivity contribution in [3.63, 3.8) is 0 Å². The molecule has 0 radical (unpaired) electrons. The fourth-order valence-corrected chi connectivity index (χ4v) is 5.48. The maximum absolute atomic E-state index is 14.9. The van der Waals surface area contributed by atoms with E-state index in [9.17, 15) is 9.18 Å². The number of benzene rings is 2. The number of rotatable bonds is 4. The van der Waals surface area contributed by atoms with Gasteiger partial charge in [0.1, 0.15) is 5.82 Å². The van der Waals surface area contributed by atoms with Gasteiger partial charge in [-0.1, -0.05) is 0 Å². The number of anilines is 2. The second kappa shape index (κ2) is 9.80. The quantitative estimate of drug-likeness (QED) is 0.588. The number of halogens is 1. The lowest BCUT2D eigenvalue weighted by Crippen LogP contribution is -2.36. The molecule has 0 N–H and O–H groups in total. The van der Waals surface area contributed by atoms with Gasteiger partial charge in [0.05, 0.1) is 29.5 Å². The minimum Gasteiger partial charge on any atom is -0.378 e. The molecule has 8 heteroatoms. The van der Waals surface area contributed by atoms with Crippen LogP contribution in [0.25, 0.3) is 6.08 Å². The minimum atomic E-state index is -0.239. The van der Waals surface area contributed by atoms with Crippen molar-refractivity contribution in [2.24, 2.45) is 4.99 Å². The average molecular weight is 481 g/mol. The predicted molar refractivity (Wildman–Crippen MR) is 137 cm³/mol. The average Bonchev–Trinajstić information content (AvgIpc) is 3.47. The lowest BCUT2D eigenvalue weighted by Gasteiger charge is -2.28. The Morgan fingerprint density at radius 2 is 1.74 bits per heavy atom. The van der Waals surface area contributed by atoms with E-state index in [1.807, 2.05) is 25.1 Å². The van der Waals surface area contributed by atoms with E-state index in [4.69, 9.17) is 9.73 Å². The van der Waals surface area contributed by atoms with Crippen molar-refractivity contribution >= 4 is 46.0 Å². The third-order valence-electron chi connectivity index (χ3n) is 6.52. The fourth-order valence-electron chi connectivity index (χ4n) is 4.50. The van der Waals surface area contributed by atoms with Crippen LogP contribution in [0, 0.1) is 12.7 Å². The van der Waals surface area contributed by atoms with Gasteiger partial charge in [0.25, 0.3) is 5.91 Å². The molecule has 0 unspecified atom stereocenters. The highest BCUT2D eigenvalue weighted by molar-refractivity contribution is 8.18. The molecule has 5 rings (SSSR count). The number of carbonyl (C=O) groups is 1. The summed E-state index contributed by atoms with van der Waals surface area (Å²) in [5, 5.41) is 0.613. The molecule has 3 saturated heterocycles. The second-order valence-corrected chi connectivity index (χ2v) is 9.85. The van der Waals surface area contributed by atoms with Crippen LogP contribution in [0.5, 0.6) is 0 Å². The van der Waals surface area contributed by atoms with Gasteiger partial charge in [-0.2, -0.15) is 0 Å². The number of ether oxygens (including phenoxy) is 1. The van der Waals surface area contributed by atoms with E-state index in [1.165, 1.54) is 11.8 Å². The van der Waals surface area contributed by atoms with Gasteiger partial charge in [-0.15, -0.1) is 0 Å². The zero-order valence-corrected chi connectivity index (χ0v) is 20.4. The number of carbonyl (C=O) groups excluding carboxylic acids is 1. The summed E-state index contributed by atoms with van der Waals surface area (Å²) < 4.78 is 20.3. The van der Waals surface area contributed by atoms with Gasteiger partial charge < -0.3 is 14.5 Å². The Kier molecular flexibility index (Phi) is 6.61. The van der Waals surface area contributed by atoms with Crippen molar-refractivity contribution < 1.29 is 13.9 Å². The number of morpholine rings is 1. The maximum Gasteiger partial charge on any atom is 0.266 e. The molecular weight excluding hydrogens is 451 g/mol. The van der Waals surface area contributed by atoms with Crippen LogP contribution in [0.4, 0.5) is 21.5 Å². The second-order valence-electron chi connectivity index (χ2n) is 8.84. The van der Waals surface area contributed by atoms with Crippen molar-refractivity contribution in [2.45, 2.75) is 19.8 Å². The SMILES string of the molecule is Cc1cc(N2CCCC2)c(F)cc1/C=C1\SC(=Nc2ccc(N3CCOCC3)cc2)N(C)C1=O. The Hall–Kier alpha value is -2.84. The van der Waals surface area contributed by atoms with Gasteiger partial charge >= 0.3 is 0 Å². The number of aryl methyl sites for hydroxylation is 1. The summed E-state index contributed by atoms with van der Waals surface area (Å²) in [5.74, 6) is -0.366. The van der Waals surface area contributed by atoms with Gasteiger partial charge in [0.2, 0.25) is 0 Å². The Morgan fingerprint density at radius 1 is 1.03 bits per heavy atom. The zero-order chi connectivity index (χ0) is 23.7. The topological polar surface area (TPSA) is 48.4 Å². The number of nitrogens with zero attached hydrogens (tertiary/aromatic N) is 4. The van der Waals surface area contributed by atoms with E-state index in [1.54, 1.807) is 24.1 Å². The molecular formula is C26H29FN4O2S. The highest BCUT2D eigenvalue weighted by Crippen LogP contribution is 2.35. The monoisotopic (exact) mass is 480 g/mol. The third-order valence-corrected chi connectivity index (χ3v) is 7.58. The van der Waals surface area contributed by atoms with Gasteiger partial charge in [-0.3, -0.25) is 9.69 Å². The number of likely N-dealkylation sites (N-methyl/N-ethyl adjacent to an activating group) is 1. The number of aliphatic imine (C=N–C) groups is 1. The number of amidine groups is 1. The van der Waals surface area contributed by atoms with Gasteiger partial charge in [-0.05, 0) is 85.1 Å². The first-order valence-corrected chi connectivity index (χ1v) is 12.6. The summed E-state index contributed by atoms with van der Waals surface area (Å²) in [6.45, 7) is 7.00. The Bertz CT molecular complexity index is 1140. The van der Waals surface area contributed by atoms with Crippen LogP contribution in [-0.2, 0) is 9.53 Å². The summed E-state index contributed by atoms with van der Waals surface area (Å²) in [4.78, 5) is 24.1. The molecule has 0 spiro atoms. The maximum atomic E-state index is 14.9. The van der Waals surface area contributed by atoms with Crippen LogP contribution in [0.1, 0.15) is 24.0 Å². The van der Waals surface area contributed by atoms with Gasteiger partial charge in [-0.25, -0.2) is 9.38 Å². The first-order chi connectivity index (χ1) is 16.5. The van der Waals surface area contributed by atoms with E-state index in [2.05, 4.69) is 21.9 Å². The van der Waals surface area contributed by atoms with Crippen molar-refractivity contribution in [2.75, 3.05) is 56.2 Å². The molecule has 178 valence electrons. The van der Waals surface area contributed by atoms with Crippen LogP contribution in [-0.4, -0.2) is 62.4 Å². The Labute approximate surface area is 204 Å². The van der Waals surface area contributed by atoms with Crippen molar-refractivity contribution in [3.05, 3.63) is 58.2 Å². The largest absolute Gasteiger partial charge is 0.378 e. The van der Waals surface area contributed by atoms with Crippen LogP contribution in [0.15, 0.2) is 46.3 Å². The lowest BCUT2D eigenvalue weighted by atomic mass is 10.1. The molecule has 2 aromatic carbocycles. The number of hydrogen-bond acceptors (Lipinski definition) is 6. The van der Waals surface area contributed by atoms with Crippen molar-refractivity contribution in [3.8, 4) is 0 Å². The molecule has 2 aromatic rings. The Morgan fingerprint density at radius 3 is 2.44 bits per heavy atom. The molecule has 3 heterocycles. The van der Waals surface area contributed by atoms with Crippen LogP contribution >= 0.6 is 11.8 Å². The molecule has 0 saturated carbocycles. The first kappa shape index (κ1) is 22.9. The van der Waals surface area contributed by atoms with Gasteiger partial charge in [0.15, 0.2) is 5.17 Å². The van der Waals surface area contributed by atoms with E-state index >= 15 is 0 Å². The standard InChI is InChI=1S/C26H29FN4O2S/c1-18-15-23(31-9-3-4-10-31)22(27)16-19(18)17-24-25(32)29(2)26(34-24)28-20-5-7-21(8-6-20)30-11-13-33-14-12-30/h5-8,15-17H,3-4,9-14H2,1-2H3/b24-17-,28-26?. The predicted octanol–water partition coefficient (Wildman–Crippen LogP) is 4.80. The normalized spacial score (nSPS) is 21.4. The molecule has 0 atom stereocenters. The summed E-state index contributed by atoms with van der Waals surface area (Å²) in [6.07, 6.45) is 3.97. The molecule has 34 heavy (non-hydrogen) atoms. The summed E-state index contributed by atoms with van der Waals surface area (Å²) in [5.41, 5.74) is 4.27. The molecule has 3 aliphatic rings. The molecule has 3 aliphatic heterocycles. The van der Waals surface area contributed by atoms with E-state index < -0.39 is 0 Å². The first-order valence-electron chi connectivity index (χ1n) is 11.7. The zero-order valence-electron chi connectivity index (χ0n) is 19.6. The van der Waals surface area contributed by atoms with E-state index in [0.717, 1.165) is 74.7 Å². The summed E-state index contributed by atoms with van der Waals surface area (Å²) >= 11 is 1.32. The molecule has 3 fully saturated rings. The molecule has 0 aliphatic carbocycles.